The molecule has 1 aromatic heterocycles. The average molecular weight is 277 g/mol. The first kappa shape index (κ1) is 13.5. The van der Waals surface area contributed by atoms with E-state index < -0.39 is 4.92 Å². The fourth-order valence-electron chi connectivity index (χ4n) is 1.47. The molecule has 0 radical (unpaired) electrons. The molecule has 2 rings (SSSR count). The molecule has 3 N–H and O–H groups in total. The fourth-order valence-corrected chi connectivity index (χ4v) is 1.47. The third-order valence-electron chi connectivity index (χ3n) is 2.36. The van der Waals surface area contributed by atoms with Crippen molar-refractivity contribution in [1.29, 1.82) is 0 Å². The highest BCUT2D eigenvalue weighted by Gasteiger charge is 2.16. The molecule has 0 unspecified atom stereocenters. The zero-order valence-corrected chi connectivity index (χ0v) is 10.4. The lowest BCUT2D eigenvalue weighted by molar-refractivity contribution is -0.385. The molecule has 0 saturated heterocycles. The Kier molecular flexibility index (Phi) is 3.91. The van der Waals surface area contributed by atoms with Crippen LogP contribution >= 0.6 is 0 Å². The number of nitrogens with zero attached hydrogens (tertiary/aromatic N) is 3. The number of methoxy groups -OCH3 is 1. The van der Waals surface area contributed by atoms with Gasteiger partial charge < -0.3 is 14.9 Å². The molecule has 0 bridgehead atoms. The molecule has 1 heterocycles. The number of nitrogen functional groups attached to an aromatic ring is 1. The number of anilines is 1. The summed E-state index contributed by atoms with van der Waals surface area (Å²) in [5.41, 5.74) is 2.14. The molecule has 1 aromatic carbocycles. The third-order valence-corrected chi connectivity index (χ3v) is 2.36. The van der Waals surface area contributed by atoms with Crippen molar-refractivity contribution in [2.75, 3.05) is 12.5 Å². The summed E-state index contributed by atoms with van der Waals surface area (Å²) in [7, 11) is 1.35. The number of benzene rings is 1. The Labute approximate surface area is 113 Å². The van der Waals surface area contributed by atoms with Gasteiger partial charge in [-0.05, 0) is 12.1 Å². The second-order valence-electron chi connectivity index (χ2n) is 3.58. The Balaban J connectivity index is 2.29. The summed E-state index contributed by atoms with van der Waals surface area (Å²) in [6, 6.07) is 5.67. The van der Waals surface area contributed by atoms with Gasteiger partial charge >= 0.3 is 5.69 Å². The van der Waals surface area contributed by atoms with Crippen LogP contribution in [0.3, 0.4) is 0 Å². The summed E-state index contributed by atoms with van der Waals surface area (Å²) < 4.78 is 10.3. The Morgan fingerprint density at radius 1 is 1.35 bits per heavy atom. The van der Waals surface area contributed by atoms with Crippen molar-refractivity contribution in [3.8, 4) is 17.4 Å². The first-order chi connectivity index (χ1) is 9.63. The molecule has 104 valence electrons. The average Bonchev–Trinajstić information content (AvgIpc) is 2.47. The highest BCUT2D eigenvalue weighted by molar-refractivity contribution is 5.51. The van der Waals surface area contributed by atoms with Crippen LogP contribution in [-0.2, 0) is 0 Å². The standard InChI is InChI=1S/C11H11N5O4/c1-19-9-3-2-7(4-8(9)16(17)18)20-11-5-10(15-12)13-6-14-11/h2-6H,12H2,1H3,(H,13,14,15). The molecule has 0 aliphatic rings. The minimum absolute atomic E-state index is 0.148. The van der Waals surface area contributed by atoms with Crippen LogP contribution < -0.4 is 20.7 Å². The molecule has 20 heavy (non-hydrogen) atoms. The second-order valence-corrected chi connectivity index (χ2v) is 3.58. The van der Waals surface area contributed by atoms with Crippen molar-refractivity contribution in [3.63, 3.8) is 0 Å². The maximum absolute atomic E-state index is 10.9. The van der Waals surface area contributed by atoms with Crippen molar-refractivity contribution in [3.05, 3.63) is 40.7 Å². The van der Waals surface area contributed by atoms with E-state index in [2.05, 4.69) is 15.4 Å². The topological polar surface area (TPSA) is 125 Å². The van der Waals surface area contributed by atoms with Crippen molar-refractivity contribution in [1.82, 2.24) is 9.97 Å². The van der Waals surface area contributed by atoms with Crippen molar-refractivity contribution < 1.29 is 14.4 Å². The van der Waals surface area contributed by atoms with E-state index in [9.17, 15) is 10.1 Å². The smallest absolute Gasteiger partial charge is 0.314 e. The summed E-state index contributed by atoms with van der Waals surface area (Å²) >= 11 is 0. The van der Waals surface area contributed by atoms with Gasteiger partial charge in [0.05, 0.1) is 18.1 Å². The number of hydrazine groups is 1. The molecule has 2 aromatic rings. The Bertz CT molecular complexity index is 634. The van der Waals surface area contributed by atoms with Crippen molar-refractivity contribution in [2.24, 2.45) is 5.84 Å². The van der Waals surface area contributed by atoms with Gasteiger partial charge in [-0.25, -0.2) is 15.8 Å². The summed E-state index contributed by atoms with van der Waals surface area (Å²) in [6.45, 7) is 0. The van der Waals surface area contributed by atoms with Gasteiger partial charge in [0.15, 0.2) is 5.75 Å². The van der Waals surface area contributed by atoms with E-state index in [0.717, 1.165) is 0 Å². The van der Waals surface area contributed by atoms with E-state index in [1.165, 1.54) is 37.7 Å². The quantitative estimate of drug-likeness (QED) is 0.478. The molecule has 0 aliphatic carbocycles. The lowest BCUT2D eigenvalue weighted by Crippen LogP contribution is -2.08. The van der Waals surface area contributed by atoms with E-state index >= 15 is 0 Å². The largest absolute Gasteiger partial charge is 0.490 e. The number of nitrogens with two attached hydrogens (primary N) is 1. The Morgan fingerprint density at radius 2 is 2.15 bits per heavy atom. The van der Waals surface area contributed by atoms with Crippen LogP contribution in [-0.4, -0.2) is 22.0 Å². The number of aromatic nitrogens is 2. The molecule has 0 aliphatic heterocycles. The van der Waals surface area contributed by atoms with Gasteiger partial charge in [0, 0.05) is 6.07 Å². The minimum atomic E-state index is -0.557. The summed E-state index contributed by atoms with van der Waals surface area (Å²) in [5.74, 6) is 6.17. The van der Waals surface area contributed by atoms with E-state index in [1.807, 2.05) is 0 Å². The van der Waals surface area contributed by atoms with Gasteiger partial charge in [0.1, 0.15) is 17.9 Å². The number of rotatable bonds is 5. The summed E-state index contributed by atoms with van der Waals surface area (Å²) in [6.07, 6.45) is 1.25. The van der Waals surface area contributed by atoms with E-state index in [4.69, 9.17) is 15.3 Å². The minimum Gasteiger partial charge on any atom is -0.490 e. The van der Waals surface area contributed by atoms with Crippen LogP contribution in [0, 0.1) is 10.1 Å². The van der Waals surface area contributed by atoms with Gasteiger partial charge in [-0.3, -0.25) is 10.1 Å². The summed E-state index contributed by atoms with van der Waals surface area (Å²) in [4.78, 5) is 18.0. The van der Waals surface area contributed by atoms with Crippen LogP contribution in [0.1, 0.15) is 0 Å². The first-order valence-electron chi connectivity index (χ1n) is 5.43. The molecule has 0 spiro atoms. The highest BCUT2D eigenvalue weighted by Crippen LogP contribution is 2.32. The van der Waals surface area contributed by atoms with Gasteiger partial charge in [0.25, 0.3) is 0 Å². The van der Waals surface area contributed by atoms with Gasteiger partial charge in [-0.2, -0.15) is 0 Å². The SMILES string of the molecule is COc1ccc(Oc2cc(NN)ncn2)cc1[N+](=O)[O-]. The lowest BCUT2D eigenvalue weighted by Gasteiger charge is -2.07. The third kappa shape index (κ3) is 2.90. The second kappa shape index (κ2) is 5.80. The summed E-state index contributed by atoms with van der Waals surface area (Å²) in [5, 5.41) is 10.9. The molecular formula is C11H11N5O4. The maximum Gasteiger partial charge on any atom is 0.314 e. The lowest BCUT2D eigenvalue weighted by atomic mass is 10.3. The van der Waals surface area contributed by atoms with Crippen LogP contribution in [0.4, 0.5) is 11.5 Å². The molecule has 9 nitrogen and oxygen atoms in total. The van der Waals surface area contributed by atoms with Gasteiger partial charge in [0.2, 0.25) is 5.88 Å². The van der Waals surface area contributed by atoms with E-state index in [0.29, 0.717) is 5.82 Å². The normalized spacial score (nSPS) is 9.90. The number of hydrogen-bond acceptors (Lipinski definition) is 8. The molecule has 0 atom stereocenters. The monoisotopic (exact) mass is 277 g/mol. The number of nitro groups is 1. The Hall–Kier alpha value is -2.94. The van der Waals surface area contributed by atoms with Crippen molar-refractivity contribution in [2.45, 2.75) is 0 Å². The number of nitrogens with one attached hydrogen (secondary N) is 1. The first-order valence-corrected chi connectivity index (χ1v) is 5.43. The highest BCUT2D eigenvalue weighted by atomic mass is 16.6. The van der Waals surface area contributed by atoms with Gasteiger partial charge in [-0.15, -0.1) is 0 Å². The predicted octanol–water partition coefficient (Wildman–Crippen LogP) is 1.47. The zero-order valence-electron chi connectivity index (χ0n) is 10.4. The predicted molar refractivity (Wildman–Crippen MR) is 69.6 cm³/mol. The molecule has 0 amide bonds. The number of hydrogen-bond donors (Lipinski definition) is 2. The zero-order chi connectivity index (χ0) is 14.5. The maximum atomic E-state index is 10.9. The fraction of sp³-hybridized carbons (Fsp3) is 0.0909. The Morgan fingerprint density at radius 3 is 2.80 bits per heavy atom. The van der Waals surface area contributed by atoms with Crippen LogP contribution in [0.15, 0.2) is 30.6 Å². The number of ether oxygens (including phenoxy) is 2. The van der Waals surface area contributed by atoms with Crippen molar-refractivity contribution >= 4 is 11.5 Å². The van der Waals surface area contributed by atoms with Crippen LogP contribution in [0.5, 0.6) is 17.4 Å². The van der Waals surface area contributed by atoms with Crippen LogP contribution in [0.2, 0.25) is 0 Å². The van der Waals surface area contributed by atoms with E-state index in [-0.39, 0.29) is 23.1 Å². The molecule has 0 fully saturated rings. The molecular weight excluding hydrogens is 266 g/mol. The van der Waals surface area contributed by atoms with E-state index in [1.54, 1.807) is 0 Å². The molecule has 9 heteroatoms. The van der Waals surface area contributed by atoms with Gasteiger partial charge in [-0.1, -0.05) is 0 Å². The number of nitro benzene ring substituents is 1. The van der Waals surface area contributed by atoms with Crippen LogP contribution in [0.25, 0.3) is 0 Å². The molecule has 0 saturated carbocycles.